The van der Waals surface area contributed by atoms with Gasteiger partial charge in [0, 0.05) is 50.9 Å². The predicted octanol–water partition coefficient (Wildman–Crippen LogP) is 5.84. The van der Waals surface area contributed by atoms with Gasteiger partial charge in [0.15, 0.2) is 0 Å². The van der Waals surface area contributed by atoms with E-state index in [0.717, 1.165) is 40.8 Å². The van der Waals surface area contributed by atoms with Gasteiger partial charge in [-0.05, 0) is 81.0 Å². The molecule has 1 aromatic heterocycles. The van der Waals surface area contributed by atoms with E-state index in [1.165, 1.54) is 17.7 Å². The van der Waals surface area contributed by atoms with Crippen LogP contribution in [0.3, 0.4) is 0 Å². The molecule has 11 heteroatoms. The lowest BCUT2D eigenvalue weighted by Gasteiger charge is -2.57. The molecule has 1 spiro atoms. The van der Waals surface area contributed by atoms with Crippen molar-refractivity contribution in [2.45, 2.75) is 52.2 Å². The Kier molecular flexibility index (Phi) is 9.34. The van der Waals surface area contributed by atoms with E-state index in [-0.39, 0.29) is 41.1 Å². The molecule has 3 aromatic rings. The lowest BCUT2D eigenvalue weighted by molar-refractivity contribution is -0.150. The second-order valence-corrected chi connectivity index (χ2v) is 15.5. The lowest BCUT2D eigenvalue weighted by Crippen LogP contribution is -2.62. The second-order valence-electron chi connectivity index (χ2n) is 15.5. The van der Waals surface area contributed by atoms with Gasteiger partial charge in [-0.25, -0.2) is 9.18 Å². The normalized spacial score (nSPS) is 19.1. The molecule has 1 saturated carbocycles. The monoisotopic (exact) mass is 695 g/mol. The van der Waals surface area contributed by atoms with Crippen LogP contribution in [0.4, 0.5) is 14.9 Å². The van der Waals surface area contributed by atoms with E-state index in [1.54, 1.807) is 17.3 Å². The van der Waals surface area contributed by atoms with Crippen molar-refractivity contribution < 1.29 is 28.2 Å². The first-order valence-electron chi connectivity index (χ1n) is 17.8. The van der Waals surface area contributed by atoms with E-state index in [9.17, 15) is 18.8 Å². The van der Waals surface area contributed by atoms with Crippen LogP contribution in [0, 0.1) is 17.2 Å². The third-order valence-electron chi connectivity index (χ3n) is 10.3. The molecule has 3 saturated heterocycles. The van der Waals surface area contributed by atoms with Crippen LogP contribution in [0.25, 0.3) is 5.57 Å². The zero-order valence-corrected chi connectivity index (χ0v) is 29.8. The van der Waals surface area contributed by atoms with Gasteiger partial charge in [0.25, 0.3) is 5.91 Å². The van der Waals surface area contributed by atoms with Crippen LogP contribution < -0.4 is 10.2 Å². The number of amides is 3. The first kappa shape index (κ1) is 34.7. The van der Waals surface area contributed by atoms with Crippen molar-refractivity contribution in [1.82, 2.24) is 20.1 Å². The molecular formula is C40H46FN5O5. The van der Waals surface area contributed by atoms with Crippen molar-refractivity contribution in [2.75, 3.05) is 57.4 Å². The number of halogens is 1. The highest BCUT2D eigenvalue weighted by molar-refractivity contribution is 5.95. The maximum absolute atomic E-state index is 13.9. The molecule has 0 unspecified atom stereocenters. The van der Waals surface area contributed by atoms with Gasteiger partial charge in [-0.2, -0.15) is 0 Å². The van der Waals surface area contributed by atoms with Crippen molar-refractivity contribution in [3.05, 3.63) is 101 Å². The molecule has 3 aliphatic heterocycles. The number of benzene rings is 2. The van der Waals surface area contributed by atoms with Crippen molar-refractivity contribution in [3.8, 4) is 0 Å². The highest BCUT2D eigenvalue weighted by atomic mass is 19.1. The molecule has 0 bridgehead atoms. The molecule has 268 valence electrons. The zero-order valence-electron chi connectivity index (χ0n) is 29.8. The fraction of sp³-hybridized carbons (Fsp3) is 0.450. The maximum atomic E-state index is 13.9. The number of hydrogen-bond acceptors (Lipinski definition) is 7. The number of likely N-dealkylation sites (tertiary alicyclic amines) is 1. The van der Waals surface area contributed by atoms with Gasteiger partial charge in [-0.1, -0.05) is 42.0 Å². The smallest absolute Gasteiger partial charge is 0.410 e. The van der Waals surface area contributed by atoms with E-state index in [2.05, 4.69) is 27.3 Å². The maximum Gasteiger partial charge on any atom is 0.410 e. The Bertz CT molecular complexity index is 1810. The number of ether oxygens (including phenoxy) is 2. The molecule has 4 aliphatic rings. The number of carbonyl (C=O) groups excluding carboxylic acids is 3. The SMILES string of the molecule is C[C@@H](NC(=O)c1cncc(N2CCN(C(=O)C3COC3)CC2)c1)c1ccc(C(=C2CC3(C2)CN(C(=O)OC(C)(C)C)C3)c2ccc(F)cc2)cc1. The standard InChI is InChI=1S/C40H46FN5O5/c1-26(43-36(47)30-17-34(21-42-20-30)44-13-15-45(16-14-44)37(48)32-22-50-23-32)27-5-7-28(8-6-27)35(29-9-11-33(41)12-10-29)31-18-40(19-31)24-46(25-40)38(49)51-39(2,3)4/h5-12,17,20-21,26,32H,13-16,18-19,22-25H2,1-4H3,(H,43,47)/t26-/m1/s1. The van der Waals surface area contributed by atoms with Gasteiger partial charge in [0.1, 0.15) is 11.4 Å². The third kappa shape index (κ3) is 7.49. The molecule has 0 radical (unpaired) electrons. The lowest BCUT2D eigenvalue weighted by atomic mass is 9.59. The summed E-state index contributed by atoms with van der Waals surface area (Å²) in [7, 11) is 0. The quantitative estimate of drug-likeness (QED) is 0.331. The number of anilines is 1. The van der Waals surface area contributed by atoms with Crippen molar-refractivity contribution in [2.24, 2.45) is 11.3 Å². The summed E-state index contributed by atoms with van der Waals surface area (Å²) in [4.78, 5) is 48.7. The molecule has 7 rings (SSSR count). The van der Waals surface area contributed by atoms with Crippen LogP contribution in [-0.4, -0.2) is 90.8 Å². The zero-order chi connectivity index (χ0) is 35.9. The van der Waals surface area contributed by atoms with E-state index < -0.39 is 5.60 Å². The second kappa shape index (κ2) is 13.7. The Morgan fingerprint density at radius 3 is 2.12 bits per heavy atom. The molecule has 51 heavy (non-hydrogen) atoms. The molecule has 1 N–H and O–H groups in total. The van der Waals surface area contributed by atoms with Crippen LogP contribution in [0.1, 0.15) is 73.6 Å². The van der Waals surface area contributed by atoms with Gasteiger partial charge >= 0.3 is 6.09 Å². The highest BCUT2D eigenvalue weighted by Crippen LogP contribution is 2.55. The molecule has 2 aromatic carbocycles. The number of hydrogen-bond donors (Lipinski definition) is 1. The summed E-state index contributed by atoms with van der Waals surface area (Å²) in [6.07, 6.45) is 4.79. The average Bonchev–Trinajstić information content (AvgIpc) is 3.04. The topological polar surface area (TPSA) is 104 Å². The summed E-state index contributed by atoms with van der Waals surface area (Å²) in [6, 6.07) is 16.4. The summed E-state index contributed by atoms with van der Waals surface area (Å²) in [5.74, 6) is -0.347. The minimum atomic E-state index is -0.527. The molecule has 4 fully saturated rings. The average molecular weight is 696 g/mol. The fourth-order valence-corrected chi connectivity index (χ4v) is 7.51. The van der Waals surface area contributed by atoms with E-state index in [0.29, 0.717) is 58.0 Å². The molecule has 4 heterocycles. The van der Waals surface area contributed by atoms with Crippen LogP contribution in [0.2, 0.25) is 0 Å². The highest BCUT2D eigenvalue weighted by Gasteiger charge is 2.53. The number of rotatable bonds is 7. The fourth-order valence-electron chi connectivity index (χ4n) is 7.51. The van der Waals surface area contributed by atoms with Gasteiger partial charge in [-0.15, -0.1) is 0 Å². The van der Waals surface area contributed by atoms with E-state index in [1.807, 2.05) is 62.9 Å². The summed E-state index contributed by atoms with van der Waals surface area (Å²) >= 11 is 0. The van der Waals surface area contributed by atoms with Gasteiger partial charge < -0.3 is 29.5 Å². The summed E-state index contributed by atoms with van der Waals surface area (Å²) in [5, 5.41) is 3.12. The molecule has 1 atom stereocenters. The van der Waals surface area contributed by atoms with Crippen LogP contribution in [0.15, 0.2) is 72.6 Å². The van der Waals surface area contributed by atoms with Crippen molar-refractivity contribution in [3.63, 3.8) is 0 Å². The number of carbonyl (C=O) groups is 3. The molecule has 1 aliphatic carbocycles. The first-order valence-corrected chi connectivity index (χ1v) is 17.8. The Morgan fingerprint density at radius 1 is 0.902 bits per heavy atom. The van der Waals surface area contributed by atoms with Crippen LogP contribution >= 0.6 is 0 Å². The summed E-state index contributed by atoms with van der Waals surface area (Å²) < 4.78 is 24.6. The number of nitrogens with one attached hydrogen (secondary N) is 1. The Labute approximate surface area is 298 Å². The van der Waals surface area contributed by atoms with Crippen LogP contribution in [0.5, 0.6) is 0 Å². The van der Waals surface area contributed by atoms with E-state index in [4.69, 9.17) is 9.47 Å². The number of nitrogens with zero attached hydrogens (tertiary/aromatic N) is 4. The van der Waals surface area contributed by atoms with Gasteiger partial charge in [0.2, 0.25) is 5.91 Å². The molecular weight excluding hydrogens is 649 g/mol. The first-order chi connectivity index (χ1) is 24.4. The van der Waals surface area contributed by atoms with Crippen molar-refractivity contribution >= 4 is 29.2 Å². The minimum Gasteiger partial charge on any atom is -0.444 e. The van der Waals surface area contributed by atoms with E-state index >= 15 is 0 Å². The minimum absolute atomic E-state index is 0.0139. The van der Waals surface area contributed by atoms with Crippen molar-refractivity contribution in [1.29, 1.82) is 0 Å². The number of piperazine rings is 1. The largest absolute Gasteiger partial charge is 0.444 e. The molecule has 3 amide bonds. The van der Waals surface area contributed by atoms with Gasteiger partial charge in [-0.3, -0.25) is 14.6 Å². The Morgan fingerprint density at radius 2 is 1.53 bits per heavy atom. The Hall–Kier alpha value is -4.77. The van der Waals surface area contributed by atoms with Crippen LogP contribution in [-0.2, 0) is 14.3 Å². The number of pyridine rings is 1. The van der Waals surface area contributed by atoms with Gasteiger partial charge in [0.05, 0.1) is 42.6 Å². The number of allylic oxidation sites excluding steroid dienone is 1. The summed E-state index contributed by atoms with van der Waals surface area (Å²) in [6.45, 7) is 12.6. The third-order valence-corrected chi connectivity index (χ3v) is 10.3. The number of aromatic nitrogens is 1. The summed E-state index contributed by atoms with van der Waals surface area (Å²) in [5.41, 5.74) is 6.17. The molecule has 10 nitrogen and oxygen atoms in total. The Balaban J connectivity index is 0.992. The predicted molar refractivity (Wildman–Crippen MR) is 192 cm³/mol.